The summed E-state index contributed by atoms with van der Waals surface area (Å²) in [6, 6.07) is 13.7. The highest BCUT2D eigenvalue weighted by molar-refractivity contribution is 5.92. The zero-order valence-corrected chi connectivity index (χ0v) is 10.9. The Kier molecular flexibility index (Phi) is 3.25. The number of carboxylic acid groups (broad SMARTS) is 1. The Balaban J connectivity index is 2.21. The van der Waals surface area contributed by atoms with Gasteiger partial charge in [0, 0.05) is 11.6 Å². The number of aromatic nitrogens is 1. The predicted molar refractivity (Wildman–Crippen MR) is 77.4 cm³/mol. The van der Waals surface area contributed by atoms with Crippen molar-refractivity contribution in [1.82, 2.24) is 4.98 Å². The van der Waals surface area contributed by atoms with Gasteiger partial charge in [0.15, 0.2) is 5.75 Å². The number of pyridine rings is 1. The molecule has 0 fully saturated rings. The predicted octanol–water partition coefficient (Wildman–Crippen LogP) is 3.45. The fourth-order valence-electron chi connectivity index (χ4n) is 2.23. The molecule has 21 heavy (non-hydrogen) atoms. The van der Waals surface area contributed by atoms with Crippen molar-refractivity contribution < 1.29 is 20.0 Å². The van der Waals surface area contributed by atoms with E-state index in [9.17, 15) is 4.79 Å². The van der Waals surface area contributed by atoms with Crippen molar-refractivity contribution in [3.8, 4) is 16.9 Å². The highest BCUT2D eigenvalue weighted by atomic mass is 17.1. The molecular formula is C16H11NO4. The average molecular weight is 281 g/mol. The van der Waals surface area contributed by atoms with Crippen molar-refractivity contribution in [2.45, 2.75) is 0 Å². The minimum atomic E-state index is -0.988. The summed E-state index contributed by atoms with van der Waals surface area (Å²) in [5.74, 6) is -0.762. The molecule has 0 saturated heterocycles. The third kappa shape index (κ3) is 2.42. The molecule has 104 valence electrons. The molecule has 0 saturated carbocycles. The molecule has 0 amide bonds. The highest BCUT2D eigenvalue weighted by Crippen LogP contribution is 2.31. The quantitative estimate of drug-likeness (QED) is 0.567. The number of aromatic carboxylic acids is 1. The first kappa shape index (κ1) is 13.1. The first-order valence-electron chi connectivity index (χ1n) is 6.23. The highest BCUT2D eigenvalue weighted by Gasteiger charge is 2.10. The Morgan fingerprint density at radius 3 is 2.67 bits per heavy atom. The minimum Gasteiger partial charge on any atom is -0.478 e. The lowest BCUT2D eigenvalue weighted by molar-refractivity contribution is -0.136. The van der Waals surface area contributed by atoms with Crippen LogP contribution in [0.4, 0.5) is 0 Å². The molecule has 5 heteroatoms. The van der Waals surface area contributed by atoms with Gasteiger partial charge in [-0.2, -0.15) is 0 Å². The van der Waals surface area contributed by atoms with E-state index in [2.05, 4.69) is 9.87 Å². The molecule has 0 unspecified atom stereocenters. The fraction of sp³-hybridized carbons (Fsp3) is 0. The Labute approximate surface area is 120 Å². The molecule has 3 rings (SSSR count). The van der Waals surface area contributed by atoms with Crippen LogP contribution in [0.3, 0.4) is 0 Å². The molecule has 0 bridgehead atoms. The lowest BCUT2D eigenvalue weighted by Gasteiger charge is -2.08. The first-order chi connectivity index (χ1) is 10.2. The van der Waals surface area contributed by atoms with Crippen LogP contribution in [0, 0.1) is 0 Å². The normalized spacial score (nSPS) is 10.5. The van der Waals surface area contributed by atoms with Crippen molar-refractivity contribution >= 4 is 16.9 Å². The van der Waals surface area contributed by atoms with Crippen molar-refractivity contribution in [1.29, 1.82) is 0 Å². The van der Waals surface area contributed by atoms with Crippen LogP contribution in [-0.2, 0) is 0 Å². The van der Waals surface area contributed by atoms with Crippen LogP contribution < -0.4 is 4.89 Å². The number of carboxylic acids is 1. The molecule has 0 spiro atoms. The maximum atomic E-state index is 11.0. The van der Waals surface area contributed by atoms with E-state index in [1.54, 1.807) is 36.5 Å². The lowest BCUT2D eigenvalue weighted by atomic mass is 10.0. The van der Waals surface area contributed by atoms with Crippen molar-refractivity contribution in [2.75, 3.05) is 0 Å². The van der Waals surface area contributed by atoms with Gasteiger partial charge in [0.25, 0.3) is 0 Å². The molecule has 1 aromatic heterocycles. The molecule has 0 aliphatic carbocycles. The van der Waals surface area contributed by atoms with Gasteiger partial charge in [-0.15, -0.1) is 0 Å². The number of hydrogen-bond donors (Lipinski definition) is 2. The van der Waals surface area contributed by atoms with Gasteiger partial charge < -0.3 is 9.99 Å². The van der Waals surface area contributed by atoms with Crippen LogP contribution in [0.5, 0.6) is 5.75 Å². The van der Waals surface area contributed by atoms with Crippen LogP contribution in [0.15, 0.2) is 54.7 Å². The zero-order chi connectivity index (χ0) is 14.8. The van der Waals surface area contributed by atoms with Gasteiger partial charge in [0.05, 0.1) is 5.56 Å². The topological polar surface area (TPSA) is 79.7 Å². The second-order valence-electron chi connectivity index (χ2n) is 4.53. The third-order valence-electron chi connectivity index (χ3n) is 3.21. The Bertz CT molecular complexity index is 829. The number of rotatable bonds is 3. The molecule has 0 radical (unpaired) electrons. The second-order valence-corrected chi connectivity index (χ2v) is 4.53. The fourth-order valence-corrected chi connectivity index (χ4v) is 2.23. The minimum absolute atomic E-state index is 0.199. The smallest absolute Gasteiger partial charge is 0.335 e. The van der Waals surface area contributed by atoms with Gasteiger partial charge in [0.1, 0.15) is 5.52 Å². The maximum absolute atomic E-state index is 11.0. The summed E-state index contributed by atoms with van der Waals surface area (Å²) in [6.07, 6.45) is 1.61. The summed E-state index contributed by atoms with van der Waals surface area (Å²) in [7, 11) is 0. The lowest BCUT2D eigenvalue weighted by Crippen LogP contribution is -1.96. The van der Waals surface area contributed by atoms with Gasteiger partial charge in [-0.3, -0.25) is 4.98 Å². The van der Waals surface area contributed by atoms with E-state index >= 15 is 0 Å². The summed E-state index contributed by atoms with van der Waals surface area (Å²) in [6.45, 7) is 0. The van der Waals surface area contributed by atoms with Crippen LogP contribution in [0.25, 0.3) is 22.0 Å². The number of fused-ring (bicyclic) bond motifs is 1. The average Bonchev–Trinajstić information content (AvgIpc) is 2.53. The number of carbonyl (C=O) groups is 1. The molecule has 3 aromatic rings. The molecule has 0 aliphatic heterocycles. The maximum Gasteiger partial charge on any atom is 0.335 e. The van der Waals surface area contributed by atoms with Crippen molar-refractivity contribution in [2.24, 2.45) is 0 Å². The van der Waals surface area contributed by atoms with E-state index in [1.165, 1.54) is 6.07 Å². The number of benzene rings is 2. The first-order valence-corrected chi connectivity index (χ1v) is 6.23. The third-order valence-corrected chi connectivity index (χ3v) is 3.21. The molecule has 0 atom stereocenters. The summed E-state index contributed by atoms with van der Waals surface area (Å²) in [5, 5.41) is 18.9. The van der Waals surface area contributed by atoms with Crippen LogP contribution in [0.1, 0.15) is 10.4 Å². The summed E-state index contributed by atoms with van der Waals surface area (Å²) < 4.78 is 0. The van der Waals surface area contributed by atoms with E-state index < -0.39 is 5.97 Å². The molecular weight excluding hydrogens is 270 g/mol. The van der Waals surface area contributed by atoms with Gasteiger partial charge in [-0.05, 0) is 41.5 Å². The molecule has 5 nitrogen and oxygen atoms in total. The zero-order valence-electron chi connectivity index (χ0n) is 10.9. The molecule has 1 heterocycles. The summed E-state index contributed by atoms with van der Waals surface area (Å²) in [4.78, 5) is 19.6. The van der Waals surface area contributed by atoms with Crippen molar-refractivity contribution in [3.05, 3.63) is 60.3 Å². The molecule has 2 N–H and O–H groups in total. The monoisotopic (exact) mass is 281 g/mol. The van der Waals surface area contributed by atoms with E-state index in [1.807, 2.05) is 12.1 Å². The van der Waals surface area contributed by atoms with Crippen LogP contribution in [0.2, 0.25) is 0 Å². The number of nitrogens with zero attached hydrogens (tertiary/aromatic N) is 1. The molecule has 0 aliphatic rings. The largest absolute Gasteiger partial charge is 0.478 e. The van der Waals surface area contributed by atoms with Gasteiger partial charge in [-0.25, -0.2) is 10.1 Å². The Morgan fingerprint density at radius 1 is 1.05 bits per heavy atom. The Hall–Kier alpha value is -2.92. The van der Waals surface area contributed by atoms with Gasteiger partial charge in [-0.1, -0.05) is 18.2 Å². The van der Waals surface area contributed by atoms with E-state index in [0.29, 0.717) is 5.52 Å². The summed E-state index contributed by atoms with van der Waals surface area (Å²) >= 11 is 0. The Morgan fingerprint density at radius 2 is 1.90 bits per heavy atom. The van der Waals surface area contributed by atoms with E-state index in [0.717, 1.165) is 16.5 Å². The van der Waals surface area contributed by atoms with Crippen LogP contribution in [-0.4, -0.2) is 21.3 Å². The van der Waals surface area contributed by atoms with E-state index in [4.69, 9.17) is 10.4 Å². The summed E-state index contributed by atoms with van der Waals surface area (Å²) in [5.41, 5.74) is 2.20. The van der Waals surface area contributed by atoms with E-state index in [-0.39, 0.29) is 11.3 Å². The standard InChI is InChI=1S/C16H11NO4/c18-16(19)12-4-1-3-10(7-12)13-8-11-5-2-6-17-15(11)14(9-13)21-20/h1-9,20H,(H,18,19). The van der Waals surface area contributed by atoms with Gasteiger partial charge in [0.2, 0.25) is 0 Å². The second kappa shape index (κ2) is 5.22. The van der Waals surface area contributed by atoms with Gasteiger partial charge >= 0.3 is 5.97 Å². The SMILES string of the molecule is O=C(O)c1cccc(-c2cc(OO)c3ncccc3c2)c1. The number of hydrogen-bond acceptors (Lipinski definition) is 4. The molecule has 2 aromatic carbocycles. The van der Waals surface area contributed by atoms with Crippen LogP contribution >= 0.6 is 0 Å². The van der Waals surface area contributed by atoms with Crippen molar-refractivity contribution in [3.63, 3.8) is 0 Å².